The highest BCUT2D eigenvalue weighted by molar-refractivity contribution is 9.10. The monoisotopic (exact) mass is 356 g/mol. The van der Waals surface area contributed by atoms with Gasteiger partial charge in [-0.25, -0.2) is 0 Å². The quantitative estimate of drug-likeness (QED) is 0.785. The van der Waals surface area contributed by atoms with Gasteiger partial charge in [-0.05, 0) is 44.9 Å². The fraction of sp³-hybridized carbons (Fsp3) is 0.562. The number of halogens is 1. The average Bonchev–Trinajstić information content (AvgIpc) is 2.45. The number of ether oxygens (including phenoxy) is 1. The van der Waals surface area contributed by atoms with E-state index in [9.17, 15) is 4.79 Å². The largest absolute Gasteiger partial charge is 0.481 e. The van der Waals surface area contributed by atoms with Crippen molar-refractivity contribution in [3.05, 3.63) is 28.2 Å². The molecule has 0 saturated heterocycles. The Morgan fingerprint density at radius 1 is 1.33 bits per heavy atom. The summed E-state index contributed by atoms with van der Waals surface area (Å²) in [5.74, 6) is 0.558. The van der Waals surface area contributed by atoms with Crippen LogP contribution in [0, 0.1) is 0 Å². The second kappa shape index (κ2) is 8.39. The summed E-state index contributed by atoms with van der Waals surface area (Å²) in [6, 6.07) is 5.68. The van der Waals surface area contributed by atoms with Crippen LogP contribution in [0.5, 0.6) is 5.75 Å². The maximum Gasteiger partial charge on any atom is 0.260 e. The standard InChI is InChI=1S/C16H25BrN2O2/c1-5-13(6-2)19-16(20)11(4)21-15-8-7-12(17)9-14(15)10(3)18/h7-11,13H,5-6,18H2,1-4H3,(H,19,20)/t10-,11?/m1/s1. The molecule has 0 aliphatic rings. The number of rotatable bonds is 7. The van der Waals surface area contributed by atoms with Gasteiger partial charge in [-0.1, -0.05) is 29.8 Å². The van der Waals surface area contributed by atoms with Crippen molar-refractivity contribution in [3.63, 3.8) is 0 Å². The molecule has 0 bridgehead atoms. The molecule has 0 aromatic heterocycles. The molecular formula is C16H25BrN2O2. The van der Waals surface area contributed by atoms with Gasteiger partial charge in [0.25, 0.3) is 5.91 Å². The predicted octanol–water partition coefficient (Wildman–Crippen LogP) is 3.54. The van der Waals surface area contributed by atoms with Gasteiger partial charge in [0.15, 0.2) is 6.10 Å². The van der Waals surface area contributed by atoms with Crippen LogP contribution in [0.3, 0.4) is 0 Å². The molecule has 0 fully saturated rings. The second-order valence-corrected chi connectivity index (χ2v) is 6.17. The smallest absolute Gasteiger partial charge is 0.260 e. The van der Waals surface area contributed by atoms with E-state index in [0.29, 0.717) is 5.75 Å². The number of nitrogens with two attached hydrogens (primary N) is 1. The van der Waals surface area contributed by atoms with E-state index in [4.69, 9.17) is 10.5 Å². The Morgan fingerprint density at radius 2 is 1.95 bits per heavy atom. The first-order chi connectivity index (χ1) is 9.88. The molecule has 1 unspecified atom stereocenters. The Labute approximate surface area is 135 Å². The number of hydrogen-bond acceptors (Lipinski definition) is 3. The van der Waals surface area contributed by atoms with Crippen molar-refractivity contribution in [2.45, 2.75) is 58.7 Å². The maximum atomic E-state index is 12.1. The number of carbonyl (C=O) groups is 1. The van der Waals surface area contributed by atoms with Crippen LogP contribution < -0.4 is 15.8 Å². The topological polar surface area (TPSA) is 64.3 Å². The van der Waals surface area contributed by atoms with E-state index < -0.39 is 6.10 Å². The van der Waals surface area contributed by atoms with Crippen molar-refractivity contribution < 1.29 is 9.53 Å². The fourth-order valence-electron chi connectivity index (χ4n) is 2.04. The summed E-state index contributed by atoms with van der Waals surface area (Å²) >= 11 is 3.42. The molecule has 0 spiro atoms. The lowest BCUT2D eigenvalue weighted by molar-refractivity contribution is -0.128. The number of benzene rings is 1. The molecule has 1 aromatic rings. The van der Waals surface area contributed by atoms with Crippen LogP contribution in [0.15, 0.2) is 22.7 Å². The molecule has 118 valence electrons. The van der Waals surface area contributed by atoms with Crippen molar-refractivity contribution in [2.75, 3.05) is 0 Å². The van der Waals surface area contributed by atoms with Crippen LogP contribution in [0.4, 0.5) is 0 Å². The molecule has 21 heavy (non-hydrogen) atoms. The second-order valence-electron chi connectivity index (χ2n) is 5.25. The van der Waals surface area contributed by atoms with E-state index >= 15 is 0 Å². The lowest BCUT2D eigenvalue weighted by atomic mass is 10.1. The lowest BCUT2D eigenvalue weighted by Crippen LogP contribution is -2.42. The molecule has 1 rings (SSSR count). The molecule has 2 atom stereocenters. The number of hydrogen-bond donors (Lipinski definition) is 2. The van der Waals surface area contributed by atoms with E-state index in [0.717, 1.165) is 22.9 Å². The predicted molar refractivity (Wildman–Crippen MR) is 89.3 cm³/mol. The molecule has 1 amide bonds. The Morgan fingerprint density at radius 3 is 2.48 bits per heavy atom. The highest BCUT2D eigenvalue weighted by Crippen LogP contribution is 2.28. The van der Waals surface area contributed by atoms with Gasteiger partial charge in [-0.3, -0.25) is 4.79 Å². The minimum absolute atomic E-state index is 0.0951. The van der Waals surface area contributed by atoms with Crippen molar-refractivity contribution in [2.24, 2.45) is 5.73 Å². The Kier molecular flexibility index (Phi) is 7.18. The summed E-state index contributed by atoms with van der Waals surface area (Å²) in [6.45, 7) is 7.76. The van der Waals surface area contributed by atoms with Gasteiger partial charge in [0.1, 0.15) is 5.75 Å². The molecule has 0 radical (unpaired) electrons. The number of carbonyl (C=O) groups excluding carboxylic acids is 1. The van der Waals surface area contributed by atoms with E-state index in [1.807, 2.05) is 25.1 Å². The fourth-order valence-corrected chi connectivity index (χ4v) is 2.42. The normalized spacial score (nSPS) is 13.9. The van der Waals surface area contributed by atoms with Crippen LogP contribution in [0.25, 0.3) is 0 Å². The zero-order valence-electron chi connectivity index (χ0n) is 13.2. The van der Waals surface area contributed by atoms with Crippen LogP contribution in [-0.4, -0.2) is 18.1 Å². The van der Waals surface area contributed by atoms with Gasteiger partial charge in [0.05, 0.1) is 0 Å². The molecule has 0 saturated carbocycles. The van der Waals surface area contributed by atoms with Gasteiger partial charge in [-0.2, -0.15) is 0 Å². The summed E-state index contributed by atoms with van der Waals surface area (Å²) in [7, 11) is 0. The molecule has 5 heteroatoms. The third-order valence-electron chi connectivity index (χ3n) is 3.47. The zero-order valence-corrected chi connectivity index (χ0v) is 14.7. The SMILES string of the molecule is CCC(CC)NC(=O)C(C)Oc1ccc(Br)cc1[C@@H](C)N. The van der Waals surface area contributed by atoms with Crippen molar-refractivity contribution in [1.29, 1.82) is 0 Å². The average molecular weight is 357 g/mol. The van der Waals surface area contributed by atoms with E-state index in [-0.39, 0.29) is 18.0 Å². The zero-order chi connectivity index (χ0) is 16.0. The third kappa shape index (κ3) is 5.32. The minimum Gasteiger partial charge on any atom is -0.481 e. The van der Waals surface area contributed by atoms with Crippen molar-refractivity contribution >= 4 is 21.8 Å². The molecule has 3 N–H and O–H groups in total. The van der Waals surface area contributed by atoms with Crippen LogP contribution in [0.2, 0.25) is 0 Å². The van der Waals surface area contributed by atoms with Gasteiger partial charge in [0, 0.05) is 22.1 Å². The van der Waals surface area contributed by atoms with Crippen LogP contribution >= 0.6 is 15.9 Å². The Balaban J connectivity index is 2.78. The first kappa shape index (κ1) is 18.0. The summed E-state index contributed by atoms with van der Waals surface area (Å²) in [6.07, 6.45) is 1.28. The Bertz CT molecular complexity index is 473. The van der Waals surface area contributed by atoms with E-state index in [1.165, 1.54) is 0 Å². The molecule has 4 nitrogen and oxygen atoms in total. The van der Waals surface area contributed by atoms with E-state index in [2.05, 4.69) is 35.1 Å². The lowest BCUT2D eigenvalue weighted by Gasteiger charge is -2.21. The summed E-state index contributed by atoms with van der Waals surface area (Å²) < 4.78 is 6.74. The molecule has 0 heterocycles. The Hall–Kier alpha value is -1.07. The first-order valence-electron chi connectivity index (χ1n) is 7.41. The summed E-state index contributed by atoms with van der Waals surface area (Å²) in [5.41, 5.74) is 6.84. The van der Waals surface area contributed by atoms with Crippen LogP contribution in [-0.2, 0) is 4.79 Å². The van der Waals surface area contributed by atoms with Crippen molar-refractivity contribution in [3.8, 4) is 5.75 Å². The number of amides is 1. The molecular weight excluding hydrogens is 332 g/mol. The maximum absolute atomic E-state index is 12.1. The highest BCUT2D eigenvalue weighted by atomic mass is 79.9. The minimum atomic E-state index is -0.552. The van der Waals surface area contributed by atoms with E-state index in [1.54, 1.807) is 6.92 Å². The van der Waals surface area contributed by atoms with Gasteiger partial charge in [0.2, 0.25) is 0 Å². The number of nitrogens with one attached hydrogen (secondary N) is 1. The van der Waals surface area contributed by atoms with Gasteiger partial charge in [-0.15, -0.1) is 0 Å². The highest BCUT2D eigenvalue weighted by Gasteiger charge is 2.19. The molecule has 1 aromatic carbocycles. The molecule has 0 aliphatic heterocycles. The summed E-state index contributed by atoms with van der Waals surface area (Å²) in [5, 5.41) is 2.99. The van der Waals surface area contributed by atoms with Crippen LogP contribution in [0.1, 0.15) is 52.1 Å². The van der Waals surface area contributed by atoms with Gasteiger partial charge < -0.3 is 15.8 Å². The first-order valence-corrected chi connectivity index (χ1v) is 8.20. The van der Waals surface area contributed by atoms with Crippen molar-refractivity contribution in [1.82, 2.24) is 5.32 Å². The van der Waals surface area contributed by atoms with Gasteiger partial charge >= 0.3 is 0 Å². The summed E-state index contributed by atoms with van der Waals surface area (Å²) in [4.78, 5) is 12.1. The third-order valence-corrected chi connectivity index (χ3v) is 3.96. The molecule has 0 aliphatic carbocycles.